The quantitative estimate of drug-likeness (QED) is 0.754. The molecular weight excluding hydrogens is 329 g/mol. The van der Waals surface area contributed by atoms with Crippen LogP contribution in [0.2, 0.25) is 0 Å². The number of carbonyl (C=O) groups is 1. The van der Waals surface area contributed by atoms with E-state index in [1.165, 1.54) is 6.20 Å². The van der Waals surface area contributed by atoms with Crippen LogP contribution in [-0.2, 0) is 0 Å². The van der Waals surface area contributed by atoms with Gasteiger partial charge in [0, 0.05) is 31.4 Å². The van der Waals surface area contributed by atoms with Crippen LogP contribution in [0.15, 0.2) is 17.1 Å². The normalized spacial score (nSPS) is 21.0. The first-order valence-electron chi connectivity index (χ1n) is 8.20. The number of nitrogens with zero attached hydrogens (tertiary/aromatic N) is 3. The van der Waals surface area contributed by atoms with Gasteiger partial charge in [-0.25, -0.2) is 19.2 Å². The maximum atomic E-state index is 14.5. The molecule has 0 bridgehead atoms. The van der Waals surface area contributed by atoms with Gasteiger partial charge in [0.2, 0.25) is 5.43 Å². The molecule has 1 unspecified atom stereocenters. The van der Waals surface area contributed by atoms with Gasteiger partial charge < -0.3 is 20.8 Å². The number of anilines is 1. The molecule has 0 radical (unpaired) electrons. The molecule has 1 saturated carbocycles. The smallest absolute Gasteiger partial charge is 0.341 e. The molecule has 0 amide bonds. The molecule has 0 spiro atoms. The van der Waals surface area contributed by atoms with Gasteiger partial charge in [-0.3, -0.25) is 4.79 Å². The zero-order valence-corrected chi connectivity index (χ0v) is 13.4. The Labute approximate surface area is 142 Å². The fourth-order valence-corrected chi connectivity index (χ4v) is 3.15. The molecule has 1 saturated heterocycles. The van der Waals surface area contributed by atoms with Crippen molar-refractivity contribution >= 4 is 22.8 Å². The molecule has 3 heterocycles. The summed E-state index contributed by atoms with van der Waals surface area (Å²) < 4.78 is 16.1. The van der Waals surface area contributed by atoms with Crippen LogP contribution in [0.4, 0.5) is 10.2 Å². The summed E-state index contributed by atoms with van der Waals surface area (Å²) in [5, 5.41) is 11.0. The maximum Gasteiger partial charge on any atom is 0.341 e. The molecule has 2 aromatic rings. The number of pyridine rings is 2. The lowest BCUT2D eigenvalue weighted by Gasteiger charge is -2.19. The van der Waals surface area contributed by atoms with Crippen molar-refractivity contribution in [2.75, 3.05) is 18.5 Å². The lowest BCUT2D eigenvalue weighted by atomic mass is 10.2. The van der Waals surface area contributed by atoms with Gasteiger partial charge in [-0.1, -0.05) is 0 Å². The SMILES string of the molecule is NC1CCN(Nc2nc3c(cc2F)c(=O)c(C(=O)O)cn3C2CC2)C1. The number of halogens is 1. The molecule has 25 heavy (non-hydrogen) atoms. The van der Waals surface area contributed by atoms with E-state index in [-0.39, 0.29) is 28.9 Å². The van der Waals surface area contributed by atoms with E-state index < -0.39 is 17.2 Å². The number of carboxylic acids is 1. The first kappa shape index (κ1) is 16.0. The second kappa shape index (κ2) is 5.78. The summed E-state index contributed by atoms with van der Waals surface area (Å²) in [6.07, 6.45) is 3.86. The van der Waals surface area contributed by atoms with Crippen LogP contribution in [0.1, 0.15) is 35.7 Å². The molecule has 1 aliphatic carbocycles. The van der Waals surface area contributed by atoms with Crippen molar-refractivity contribution in [3.05, 3.63) is 33.9 Å². The Morgan fingerprint density at radius 1 is 1.40 bits per heavy atom. The van der Waals surface area contributed by atoms with E-state index in [2.05, 4.69) is 10.4 Å². The number of rotatable bonds is 4. The van der Waals surface area contributed by atoms with Gasteiger partial charge in [-0.15, -0.1) is 0 Å². The first-order chi connectivity index (χ1) is 11.9. The van der Waals surface area contributed by atoms with Gasteiger partial charge in [0.05, 0.1) is 5.39 Å². The molecule has 9 heteroatoms. The van der Waals surface area contributed by atoms with Crippen LogP contribution in [0, 0.1) is 5.82 Å². The summed E-state index contributed by atoms with van der Waals surface area (Å²) in [4.78, 5) is 28.0. The molecule has 132 valence electrons. The third kappa shape index (κ3) is 2.85. The molecule has 2 fully saturated rings. The number of fused-ring (bicyclic) bond motifs is 1. The van der Waals surface area contributed by atoms with Gasteiger partial charge >= 0.3 is 5.97 Å². The molecule has 8 nitrogen and oxygen atoms in total. The van der Waals surface area contributed by atoms with Crippen molar-refractivity contribution < 1.29 is 14.3 Å². The van der Waals surface area contributed by atoms with Crippen LogP contribution in [0.5, 0.6) is 0 Å². The summed E-state index contributed by atoms with van der Waals surface area (Å²) in [6.45, 7) is 1.25. The molecular formula is C16H18FN5O3. The molecule has 4 rings (SSSR count). The van der Waals surface area contributed by atoms with Crippen LogP contribution in [0.3, 0.4) is 0 Å². The van der Waals surface area contributed by atoms with Gasteiger partial charge in [0.1, 0.15) is 11.2 Å². The molecule has 0 aromatic carbocycles. The Balaban J connectivity index is 1.84. The lowest BCUT2D eigenvalue weighted by Crippen LogP contribution is -2.32. The Morgan fingerprint density at radius 2 is 2.16 bits per heavy atom. The Bertz CT molecular complexity index is 924. The van der Waals surface area contributed by atoms with Crippen LogP contribution >= 0.6 is 0 Å². The maximum absolute atomic E-state index is 14.5. The molecule has 4 N–H and O–H groups in total. The van der Waals surface area contributed by atoms with Crippen molar-refractivity contribution in [3.63, 3.8) is 0 Å². The van der Waals surface area contributed by atoms with E-state index in [9.17, 15) is 19.1 Å². The van der Waals surface area contributed by atoms with E-state index in [1.807, 2.05) is 0 Å². The highest BCUT2D eigenvalue weighted by atomic mass is 19.1. The first-order valence-corrected chi connectivity index (χ1v) is 8.20. The van der Waals surface area contributed by atoms with Crippen LogP contribution in [-0.4, -0.2) is 44.8 Å². The van der Waals surface area contributed by atoms with Gasteiger partial charge in [0.15, 0.2) is 11.6 Å². The highest BCUT2D eigenvalue weighted by Gasteiger charge is 2.28. The number of hydrazine groups is 1. The highest BCUT2D eigenvalue weighted by molar-refractivity contribution is 5.92. The molecule has 2 aliphatic rings. The standard InChI is InChI=1S/C16H18FN5O3/c17-12-5-10-13(23)11(16(24)25)7-22(9-1-2-9)15(10)19-14(12)20-21-4-3-8(18)6-21/h5,7-9H,1-4,6,18H2,(H,19,20)(H,24,25). The van der Waals surface area contributed by atoms with Crippen molar-refractivity contribution in [3.8, 4) is 0 Å². The van der Waals surface area contributed by atoms with Crippen LogP contribution in [0.25, 0.3) is 11.0 Å². The number of nitrogens with one attached hydrogen (secondary N) is 1. The van der Waals surface area contributed by atoms with E-state index in [4.69, 9.17) is 5.73 Å². The van der Waals surface area contributed by atoms with Crippen molar-refractivity contribution in [1.29, 1.82) is 0 Å². The average molecular weight is 347 g/mol. The van der Waals surface area contributed by atoms with E-state index in [0.717, 1.165) is 25.3 Å². The molecule has 1 aliphatic heterocycles. The number of aromatic nitrogens is 2. The van der Waals surface area contributed by atoms with Crippen molar-refractivity contribution in [1.82, 2.24) is 14.6 Å². The Kier molecular flexibility index (Phi) is 3.69. The second-order valence-corrected chi connectivity index (χ2v) is 6.61. The fraction of sp³-hybridized carbons (Fsp3) is 0.438. The predicted molar refractivity (Wildman–Crippen MR) is 89.0 cm³/mol. The topological polar surface area (TPSA) is 113 Å². The number of hydrogen-bond acceptors (Lipinski definition) is 6. The number of nitrogens with two attached hydrogens (primary N) is 1. The number of hydrogen-bond donors (Lipinski definition) is 3. The summed E-state index contributed by atoms with van der Waals surface area (Å²) in [7, 11) is 0. The van der Waals surface area contributed by atoms with E-state index in [1.54, 1.807) is 9.58 Å². The largest absolute Gasteiger partial charge is 0.477 e. The van der Waals surface area contributed by atoms with Gasteiger partial charge in [-0.05, 0) is 25.3 Å². The minimum atomic E-state index is -1.32. The second-order valence-electron chi connectivity index (χ2n) is 6.61. The highest BCUT2D eigenvalue weighted by Crippen LogP contribution is 2.37. The third-order valence-corrected chi connectivity index (χ3v) is 4.62. The minimum absolute atomic E-state index is 0.0125. The van der Waals surface area contributed by atoms with Gasteiger partial charge in [0.25, 0.3) is 0 Å². The average Bonchev–Trinajstić information content (AvgIpc) is 3.32. The fourth-order valence-electron chi connectivity index (χ4n) is 3.15. The summed E-state index contributed by atoms with van der Waals surface area (Å²) >= 11 is 0. The summed E-state index contributed by atoms with van der Waals surface area (Å²) in [6, 6.07) is 1.18. The summed E-state index contributed by atoms with van der Waals surface area (Å²) in [5.74, 6) is -2.01. The Hall–Kier alpha value is -2.52. The lowest BCUT2D eigenvalue weighted by molar-refractivity contribution is 0.0695. The zero-order chi connectivity index (χ0) is 17.7. The monoisotopic (exact) mass is 347 g/mol. The van der Waals surface area contributed by atoms with Crippen LogP contribution < -0.4 is 16.6 Å². The van der Waals surface area contributed by atoms with E-state index in [0.29, 0.717) is 18.7 Å². The molecule has 2 aromatic heterocycles. The predicted octanol–water partition coefficient (Wildman–Crippen LogP) is 0.929. The zero-order valence-electron chi connectivity index (χ0n) is 13.4. The van der Waals surface area contributed by atoms with Crippen molar-refractivity contribution in [2.24, 2.45) is 5.73 Å². The number of aromatic carboxylic acids is 1. The number of carboxylic acid groups (broad SMARTS) is 1. The summed E-state index contributed by atoms with van der Waals surface area (Å²) in [5.41, 5.74) is 7.96. The molecule has 1 atom stereocenters. The third-order valence-electron chi connectivity index (χ3n) is 4.62. The van der Waals surface area contributed by atoms with E-state index >= 15 is 0 Å². The van der Waals surface area contributed by atoms with Gasteiger partial charge in [-0.2, -0.15) is 0 Å². The van der Waals surface area contributed by atoms with Crippen molar-refractivity contribution in [2.45, 2.75) is 31.3 Å². The Morgan fingerprint density at radius 3 is 2.76 bits per heavy atom. The minimum Gasteiger partial charge on any atom is -0.477 e.